The normalized spacial score (nSPS) is 39.8. The lowest BCUT2D eigenvalue weighted by Crippen LogP contribution is -2.36. The fraction of sp³-hybridized carbons (Fsp3) is 1.00. The average Bonchev–Trinajstić information content (AvgIpc) is 1.64. The van der Waals surface area contributed by atoms with Crippen LogP contribution in [0.5, 0.6) is 0 Å². The minimum Gasteiger partial charge on any atom is -0.393 e. The Kier molecular flexibility index (Phi) is 2.11. The van der Waals surface area contributed by atoms with Crippen LogP contribution in [0.3, 0.4) is 0 Å². The SMILES string of the molecule is OC1CCNC(Cl)C1. The van der Waals surface area contributed by atoms with E-state index in [-0.39, 0.29) is 11.6 Å². The van der Waals surface area contributed by atoms with Crippen LogP contribution < -0.4 is 5.32 Å². The van der Waals surface area contributed by atoms with Crippen molar-refractivity contribution in [2.45, 2.75) is 24.4 Å². The van der Waals surface area contributed by atoms with Crippen molar-refractivity contribution in [2.75, 3.05) is 6.54 Å². The van der Waals surface area contributed by atoms with Crippen LogP contribution in [0.25, 0.3) is 0 Å². The topological polar surface area (TPSA) is 32.3 Å². The number of alkyl halides is 1. The second kappa shape index (κ2) is 2.67. The molecule has 0 aromatic heterocycles. The molecule has 0 aliphatic carbocycles. The van der Waals surface area contributed by atoms with Crippen LogP contribution in [0, 0.1) is 0 Å². The van der Waals surface area contributed by atoms with Gasteiger partial charge in [-0.2, -0.15) is 0 Å². The van der Waals surface area contributed by atoms with Crippen molar-refractivity contribution in [1.29, 1.82) is 0 Å². The third kappa shape index (κ3) is 1.62. The molecule has 1 aliphatic rings. The Morgan fingerprint density at radius 2 is 2.38 bits per heavy atom. The van der Waals surface area contributed by atoms with Gasteiger partial charge in [0.1, 0.15) is 0 Å². The number of hydrogen-bond donors (Lipinski definition) is 2. The van der Waals surface area contributed by atoms with Crippen LogP contribution in [0.2, 0.25) is 0 Å². The summed E-state index contributed by atoms with van der Waals surface area (Å²) in [4.78, 5) is 0. The van der Waals surface area contributed by atoms with Gasteiger partial charge in [-0.05, 0) is 13.0 Å². The molecule has 1 rings (SSSR count). The van der Waals surface area contributed by atoms with E-state index in [2.05, 4.69) is 5.32 Å². The maximum atomic E-state index is 8.96. The molecule has 1 aliphatic heterocycles. The van der Waals surface area contributed by atoms with Crippen LogP contribution >= 0.6 is 11.6 Å². The van der Waals surface area contributed by atoms with Gasteiger partial charge in [-0.25, -0.2) is 0 Å². The van der Waals surface area contributed by atoms with Gasteiger partial charge in [0, 0.05) is 6.42 Å². The molecule has 2 atom stereocenters. The second-order valence-electron chi connectivity index (χ2n) is 2.10. The average molecular weight is 136 g/mol. The Labute approximate surface area is 53.8 Å². The minimum absolute atomic E-state index is 0.0150. The third-order valence-corrected chi connectivity index (χ3v) is 1.65. The van der Waals surface area contributed by atoms with Crippen molar-refractivity contribution in [3.8, 4) is 0 Å². The first-order chi connectivity index (χ1) is 3.79. The van der Waals surface area contributed by atoms with Crippen molar-refractivity contribution in [3.63, 3.8) is 0 Å². The molecule has 2 nitrogen and oxygen atoms in total. The quantitative estimate of drug-likeness (QED) is 0.370. The first-order valence-corrected chi connectivity index (χ1v) is 3.28. The molecule has 0 spiro atoms. The molecular weight excluding hydrogens is 126 g/mol. The molecule has 1 fully saturated rings. The first kappa shape index (κ1) is 6.33. The number of nitrogens with one attached hydrogen (secondary N) is 1. The summed E-state index contributed by atoms with van der Waals surface area (Å²) in [5.41, 5.74) is -0.0150. The zero-order valence-corrected chi connectivity index (χ0v) is 5.36. The summed E-state index contributed by atoms with van der Waals surface area (Å²) in [6, 6.07) is 0. The van der Waals surface area contributed by atoms with Gasteiger partial charge in [-0.1, -0.05) is 0 Å². The van der Waals surface area contributed by atoms with Crippen molar-refractivity contribution in [2.24, 2.45) is 0 Å². The second-order valence-corrected chi connectivity index (χ2v) is 2.63. The predicted octanol–water partition coefficient (Wildman–Crippen LogP) is 0.296. The Bertz CT molecular complexity index is 70.8. The smallest absolute Gasteiger partial charge is 0.0850 e. The predicted molar refractivity (Wildman–Crippen MR) is 32.9 cm³/mol. The Hall–Kier alpha value is 0.210. The van der Waals surface area contributed by atoms with Crippen LogP contribution in [0.4, 0.5) is 0 Å². The maximum Gasteiger partial charge on any atom is 0.0850 e. The van der Waals surface area contributed by atoms with Crippen molar-refractivity contribution < 1.29 is 5.11 Å². The fourth-order valence-corrected chi connectivity index (χ4v) is 1.16. The molecular formula is C5H10ClNO. The molecule has 1 saturated heterocycles. The number of aliphatic hydroxyl groups is 1. The van der Waals surface area contributed by atoms with Gasteiger partial charge in [-0.15, -0.1) is 11.6 Å². The minimum atomic E-state index is -0.182. The zero-order chi connectivity index (χ0) is 5.98. The number of hydrogen-bond acceptors (Lipinski definition) is 2. The van der Waals surface area contributed by atoms with E-state index in [0.29, 0.717) is 6.42 Å². The van der Waals surface area contributed by atoms with E-state index < -0.39 is 0 Å². The third-order valence-electron chi connectivity index (χ3n) is 1.32. The summed E-state index contributed by atoms with van der Waals surface area (Å²) in [5, 5.41) is 12.0. The van der Waals surface area contributed by atoms with E-state index in [0.717, 1.165) is 13.0 Å². The summed E-state index contributed by atoms with van der Waals surface area (Å²) in [5.74, 6) is 0. The number of halogens is 1. The van der Waals surface area contributed by atoms with Gasteiger partial charge < -0.3 is 10.4 Å². The Morgan fingerprint density at radius 1 is 1.62 bits per heavy atom. The van der Waals surface area contributed by atoms with Gasteiger partial charge in [0.25, 0.3) is 0 Å². The monoisotopic (exact) mass is 135 g/mol. The summed E-state index contributed by atoms with van der Waals surface area (Å²) in [6.45, 7) is 0.843. The highest BCUT2D eigenvalue weighted by Gasteiger charge is 2.15. The van der Waals surface area contributed by atoms with Crippen molar-refractivity contribution in [3.05, 3.63) is 0 Å². The van der Waals surface area contributed by atoms with E-state index in [4.69, 9.17) is 16.7 Å². The summed E-state index contributed by atoms with van der Waals surface area (Å²) >= 11 is 5.64. The zero-order valence-electron chi connectivity index (χ0n) is 4.60. The molecule has 2 N–H and O–H groups in total. The van der Waals surface area contributed by atoms with E-state index in [1.165, 1.54) is 0 Å². The van der Waals surface area contributed by atoms with Gasteiger partial charge in [0.15, 0.2) is 0 Å². The van der Waals surface area contributed by atoms with E-state index in [1.807, 2.05) is 0 Å². The lowest BCUT2D eigenvalue weighted by atomic mass is 10.1. The Balaban J connectivity index is 2.23. The van der Waals surface area contributed by atoms with Gasteiger partial charge in [0.2, 0.25) is 0 Å². The highest BCUT2D eigenvalue weighted by molar-refractivity contribution is 6.20. The van der Waals surface area contributed by atoms with E-state index in [9.17, 15) is 0 Å². The Morgan fingerprint density at radius 3 is 2.75 bits per heavy atom. The molecule has 0 aromatic carbocycles. The van der Waals surface area contributed by atoms with Crippen molar-refractivity contribution >= 4 is 11.6 Å². The molecule has 1 heterocycles. The maximum absolute atomic E-state index is 8.96. The number of rotatable bonds is 0. The highest BCUT2D eigenvalue weighted by Crippen LogP contribution is 2.10. The molecule has 3 heteroatoms. The summed E-state index contributed by atoms with van der Waals surface area (Å²) in [6.07, 6.45) is 1.34. The lowest BCUT2D eigenvalue weighted by molar-refractivity contribution is 0.131. The van der Waals surface area contributed by atoms with E-state index >= 15 is 0 Å². The highest BCUT2D eigenvalue weighted by atomic mass is 35.5. The standard InChI is InChI=1S/C5H10ClNO/c6-5-3-4(8)1-2-7-5/h4-5,7-8H,1-3H2. The number of piperidine rings is 1. The van der Waals surface area contributed by atoms with Gasteiger partial charge in [-0.3, -0.25) is 0 Å². The van der Waals surface area contributed by atoms with Gasteiger partial charge in [0.05, 0.1) is 11.6 Å². The van der Waals surface area contributed by atoms with E-state index in [1.54, 1.807) is 0 Å². The fourth-order valence-electron chi connectivity index (χ4n) is 0.847. The molecule has 2 unspecified atom stereocenters. The molecule has 0 amide bonds. The van der Waals surface area contributed by atoms with Crippen LogP contribution in [-0.2, 0) is 0 Å². The van der Waals surface area contributed by atoms with Crippen LogP contribution in [0.15, 0.2) is 0 Å². The molecule has 48 valence electrons. The first-order valence-electron chi connectivity index (χ1n) is 2.84. The largest absolute Gasteiger partial charge is 0.393 e. The molecule has 0 saturated carbocycles. The van der Waals surface area contributed by atoms with Crippen molar-refractivity contribution in [1.82, 2.24) is 5.32 Å². The summed E-state index contributed by atoms with van der Waals surface area (Å²) < 4.78 is 0. The van der Waals surface area contributed by atoms with Crippen LogP contribution in [-0.4, -0.2) is 23.3 Å². The van der Waals surface area contributed by atoms with Crippen LogP contribution in [0.1, 0.15) is 12.8 Å². The number of aliphatic hydroxyl groups excluding tert-OH is 1. The molecule has 0 aromatic rings. The van der Waals surface area contributed by atoms with Gasteiger partial charge >= 0.3 is 0 Å². The molecule has 8 heavy (non-hydrogen) atoms. The summed E-state index contributed by atoms with van der Waals surface area (Å²) in [7, 11) is 0. The lowest BCUT2D eigenvalue weighted by Gasteiger charge is -2.21. The molecule has 0 radical (unpaired) electrons. The molecule has 0 bridgehead atoms.